The second-order valence-corrected chi connectivity index (χ2v) is 7.70. The van der Waals surface area contributed by atoms with Crippen LogP contribution in [0.1, 0.15) is 19.4 Å². The number of rotatable bonds is 4. The van der Waals surface area contributed by atoms with Gasteiger partial charge in [-0.1, -0.05) is 30.3 Å². The Morgan fingerprint density at radius 2 is 1.81 bits per heavy atom. The minimum absolute atomic E-state index is 0.0863. The summed E-state index contributed by atoms with van der Waals surface area (Å²) in [6.07, 6.45) is 0. The van der Waals surface area contributed by atoms with Crippen LogP contribution in [-0.4, -0.2) is 24.1 Å². The molecule has 0 unspecified atom stereocenters. The number of benzene rings is 2. The van der Waals surface area contributed by atoms with Crippen molar-refractivity contribution >= 4 is 22.4 Å². The van der Waals surface area contributed by atoms with Crippen molar-refractivity contribution in [1.82, 2.24) is 4.98 Å². The molecule has 1 aliphatic heterocycles. The number of aromatic nitrogens is 1. The average Bonchev–Trinajstić information content (AvgIpc) is 3.16. The Kier molecular flexibility index (Phi) is 4.58. The van der Waals surface area contributed by atoms with E-state index in [9.17, 15) is 4.79 Å². The molecule has 2 aromatic carbocycles. The van der Waals surface area contributed by atoms with Crippen LogP contribution in [0, 0.1) is 0 Å². The maximum absolute atomic E-state index is 12.8. The number of nitrogens with one attached hydrogen (secondary N) is 1. The van der Waals surface area contributed by atoms with Gasteiger partial charge in [-0.05, 0) is 37.6 Å². The lowest BCUT2D eigenvalue weighted by Gasteiger charge is -2.23. The first-order valence-corrected chi connectivity index (χ1v) is 9.64. The molecule has 0 aliphatic carbocycles. The summed E-state index contributed by atoms with van der Waals surface area (Å²) >= 11 is 1.41. The Bertz CT molecular complexity index is 967. The van der Waals surface area contributed by atoms with E-state index in [1.807, 2.05) is 67.8 Å². The van der Waals surface area contributed by atoms with Crippen LogP contribution >= 0.6 is 11.3 Å². The maximum atomic E-state index is 12.8. The molecular formula is C21H20N2O3S. The third-order valence-electron chi connectivity index (χ3n) is 4.63. The number of thiazole rings is 1. The van der Waals surface area contributed by atoms with Crippen LogP contribution in [0.15, 0.2) is 53.9 Å². The topological polar surface area (TPSA) is 60.5 Å². The first kappa shape index (κ1) is 17.5. The van der Waals surface area contributed by atoms with Gasteiger partial charge in [0.05, 0.1) is 11.1 Å². The zero-order valence-corrected chi connectivity index (χ0v) is 16.0. The second kappa shape index (κ2) is 7.04. The highest BCUT2D eigenvalue weighted by atomic mass is 32.1. The highest BCUT2D eigenvalue weighted by Crippen LogP contribution is 2.35. The predicted octanol–water partition coefficient (Wildman–Crippen LogP) is 4.50. The van der Waals surface area contributed by atoms with Crippen molar-refractivity contribution in [3.05, 3.63) is 59.5 Å². The van der Waals surface area contributed by atoms with E-state index >= 15 is 0 Å². The van der Waals surface area contributed by atoms with Crippen LogP contribution in [0.5, 0.6) is 11.5 Å². The van der Waals surface area contributed by atoms with Crippen LogP contribution in [-0.2, 0) is 10.2 Å². The summed E-state index contributed by atoms with van der Waals surface area (Å²) in [7, 11) is 0. The Balaban J connectivity index is 1.52. The Labute approximate surface area is 162 Å². The van der Waals surface area contributed by atoms with Crippen molar-refractivity contribution < 1.29 is 14.3 Å². The number of ether oxygens (including phenoxy) is 2. The third-order valence-corrected chi connectivity index (χ3v) is 5.38. The number of hydrogen-bond acceptors (Lipinski definition) is 5. The van der Waals surface area contributed by atoms with E-state index in [1.54, 1.807) is 0 Å². The molecule has 27 heavy (non-hydrogen) atoms. The van der Waals surface area contributed by atoms with Gasteiger partial charge in [0.25, 0.3) is 0 Å². The molecule has 4 rings (SSSR count). The van der Waals surface area contributed by atoms with Gasteiger partial charge in [0.1, 0.15) is 13.2 Å². The van der Waals surface area contributed by atoms with E-state index in [2.05, 4.69) is 10.3 Å². The molecule has 0 radical (unpaired) electrons. The quantitative estimate of drug-likeness (QED) is 0.724. The molecule has 6 heteroatoms. The molecule has 1 N–H and O–H groups in total. The van der Waals surface area contributed by atoms with Gasteiger partial charge in [-0.25, -0.2) is 4.98 Å². The number of hydrogen-bond donors (Lipinski definition) is 1. The Morgan fingerprint density at radius 1 is 1.07 bits per heavy atom. The van der Waals surface area contributed by atoms with Gasteiger partial charge in [0.2, 0.25) is 5.91 Å². The number of amides is 1. The molecule has 1 aliphatic rings. The van der Waals surface area contributed by atoms with Crippen molar-refractivity contribution in [3.8, 4) is 22.8 Å². The van der Waals surface area contributed by atoms with E-state index in [0.29, 0.717) is 18.3 Å². The zero-order valence-electron chi connectivity index (χ0n) is 15.2. The van der Waals surface area contributed by atoms with Gasteiger partial charge >= 0.3 is 0 Å². The minimum Gasteiger partial charge on any atom is -0.486 e. The van der Waals surface area contributed by atoms with Gasteiger partial charge in [0.15, 0.2) is 16.6 Å². The molecule has 0 spiro atoms. The average molecular weight is 380 g/mol. The lowest BCUT2D eigenvalue weighted by atomic mass is 9.84. The summed E-state index contributed by atoms with van der Waals surface area (Å²) in [5.74, 6) is 1.39. The normalized spacial score (nSPS) is 13.3. The predicted molar refractivity (Wildman–Crippen MR) is 107 cm³/mol. The van der Waals surface area contributed by atoms with E-state index in [-0.39, 0.29) is 5.91 Å². The molecule has 0 saturated carbocycles. The van der Waals surface area contributed by atoms with Crippen LogP contribution in [0.25, 0.3) is 11.3 Å². The smallest absolute Gasteiger partial charge is 0.236 e. The molecular weight excluding hydrogens is 360 g/mol. The minimum atomic E-state index is -0.649. The first-order chi connectivity index (χ1) is 13.0. The fraction of sp³-hybridized carbons (Fsp3) is 0.238. The van der Waals surface area contributed by atoms with E-state index in [1.165, 1.54) is 11.3 Å². The SMILES string of the molecule is CC(C)(C(=O)Nc1nc(-c2ccc3c(c2)OCCO3)cs1)c1ccccc1. The summed E-state index contributed by atoms with van der Waals surface area (Å²) in [4.78, 5) is 17.4. The molecule has 0 saturated heterocycles. The van der Waals surface area contributed by atoms with Crippen molar-refractivity contribution in [3.63, 3.8) is 0 Å². The van der Waals surface area contributed by atoms with Crippen LogP contribution < -0.4 is 14.8 Å². The number of carbonyl (C=O) groups excluding carboxylic acids is 1. The zero-order chi connectivity index (χ0) is 18.9. The summed E-state index contributed by atoms with van der Waals surface area (Å²) in [6.45, 7) is 4.93. The maximum Gasteiger partial charge on any atom is 0.236 e. The first-order valence-electron chi connectivity index (χ1n) is 8.76. The summed E-state index contributed by atoms with van der Waals surface area (Å²) in [5, 5.41) is 5.45. The van der Waals surface area contributed by atoms with Gasteiger partial charge in [-0.15, -0.1) is 11.3 Å². The number of anilines is 1. The second-order valence-electron chi connectivity index (χ2n) is 6.84. The molecule has 2 heterocycles. The number of fused-ring (bicyclic) bond motifs is 1. The lowest BCUT2D eigenvalue weighted by Crippen LogP contribution is -2.34. The molecule has 0 fully saturated rings. The van der Waals surface area contributed by atoms with Crippen molar-refractivity contribution in [2.24, 2.45) is 0 Å². The van der Waals surface area contributed by atoms with Crippen molar-refractivity contribution in [2.75, 3.05) is 18.5 Å². The Hall–Kier alpha value is -2.86. The van der Waals surface area contributed by atoms with Crippen LogP contribution in [0.2, 0.25) is 0 Å². The van der Waals surface area contributed by atoms with Gasteiger partial charge in [-0.3, -0.25) is 4.79 Å². The largest absolute Gasteiger partial charge is 0.486 e. The lowest BCUT2D eigenvalue weighted by molar-refractivity contribution is -0.120. The summed E-state index contributed by atoms with van der Waals surface area (Å²) in [6, 6.07) is 15.5. The third kappa shape index (κ3) is 3.53. The molecule has 0 atom stereocenters. The number of carbonyl (C=O) groups is 1. The fourth-order valence-electron chi connectivity index (χ4n) is 2.91. The summed E-state index contributed by atoms with van der Waals surface area (Å²) in [5.41, 5.74) is 2.04. The van der Waals surface area contributed by atoms with E-state index in [0.717, 1.165) is 28.3 Å². The van der Waals surface area contributed by atoms with Gasteiger partial charge in [0, 0.05) is 10.9 Å². The van der Waals surface area contributed by atoms with Crippen molar-refractivity contribution in [2.45, 2.75) is 19.3 Å². The molecule has 1 aromatic heterocycles. The van der Waals surface area contributed by atoms with Crippen molar-refractivity contribution in [1.29, 1.82) is 0 Å². The molecule has 138 valence electrons. The van der Waals surface area contributed by atoms with Gasteiger partial charge in [-0.2, -0.15) is 0 Å². The van der Waals surface area contributed by atoms with Crippen LogP contribution in [0.3, 0.4) is 0 Å². The Morgan fingerprint density at radius 3 is 2.59 bits per heavy atom. The molecule has 5 nitrogen and oxygen atoms in total. The molecule has 3 aromatic rings. The monoisotopic (exact) mass is 380 g/mol. The van der Waals surface area contributed by atoms with E-state index < -0.39 is 5.41 Å². The molecule has 0 bridgehead atoms. The fourth-order valence-corrected chi connectivity index (χ4v) is 3.62. The highest BCUT2D eigenvalue weighted by molar-refractivity contribution is 7.14. The van der Waals surface area contributed by atoms with E-state index in [4.69, 9.17) is 9.47 Å². The highest BCUT2D eigenvalue weighted by Gasteiger charge is 2.30. The number of nitrogens with zero attached hydrogens (tertiary/aromatic N) is 1. The molecule has 1 amide bonds. The standard InChI is InChI=1S/C21H20N2O3S/c1-21(2,15-6-4-3-5-7-15)19(24)23-20-22-16(13-27-20)14-8-9-17-18(12-14)26-11-10-25-17/h3-9,12-13H,10-11H2,1-2H3,(H,22,23,24). The van der Waals surface area contributed by atoms with Crippen LogP contribution in [0.4, 0.5) is 5.13 Å². The summed E-state index contributed by atoms with van der Waals surface area (Å²) < 4.78 is 11.2. The van der Waals surface area contributed by atoms with Gasteiger partial charge < -0.3 is 14.8 Å².